The van der Waals surface area contributed by atoms with Crippen LogP contribution in [0.2, 0.25) is 0 Å². The number of hydrogen-bond acceptors (Lipinski definition) is 14. The lowest BCUT2D eigenvalue weighted by Gasteiger charge is -2.36. The van der Waals surface area contributed by atoms with Crippen molar-refractivity contribution in [1.82, 2.24) is 59.8 Å². The number of aryl methyl sites for hydroxylation is 2. The van der Waals surface area contributed by atoms with Gasteiger partial charge in [-0.3, -0.25) is 43.0 Å². The Bertz CT molecular complexity index is 3940. The molecule has 0 radical (unpaired) electrons. The van der Waals surface area contributed by atoms with E-state index < -0.39 is 54.0 Å². The van der Waals surface area contributed by atoms with Gasteiger partial charge in [0.2, 0.25) is 35.4 Å². The molecule has 0 bridgehead atoms. The summed E-state index contributed by atoms with van der Waals surface area (Å²) >= 11 is 0. The van der Waals surface area contributed by atoms with Gasteiger partial charge in [0.05, 0.1) is 62.6 Å². The predicted molar refractivity (Wildman–Crippen MR) is 348 cm³/mol. The van der Waals surface area contributed by atoms with E-state index in [1.54, 1.807) is 61.1 Å². The number of hydrogen-bond donors (Lipinski definition) is 5. The predicted octanol–water partition coefficient (Wildman–Crippen LogP) is 6.78. The largest absolute Gasteiger partial charge is 0.392 e. The number of carbonyl (C=O) groups is 6. The summed E-state index contributed by atoms with van der Waals surface area (Å²) in [6.07, 6.45) is 11.5. The zero-order valence-corrected chi connectivity index (χ0v) is 54.9. The van der Waals surface area contributed by atoms with E-state index >= 15 is 9.18 Å². The lowest BCUT2D eigenvalue weighted by atomic mass is 9.83. The van der Waals surface area contributed by atoms with E-state index in [0.29, 0.717) is 59.5 Å². The van der Waals surface area contributed by atoms with Crippen LogP contribution in [0.3, 0.4) is 0 Å². The monoisotopic (exact) mass is 1280 g/mol. The van der Waals surface area contributed by atoms with Gasteiger partial charge in [0.15, 0.2) is 11.6 Å². The number of nitrogens with zero attached hydrogens (tertiary/aromatic N) is 9. The minimum Gasteiger partial charge on any atom is -0.392 e. The number of aromatic nitrogens is 6. The second kappa shape index (κ2) is 28.3. The molecular formula is C69H88FN13O10. The number of amides is 6. The number of fused-ring (bicyclic) bond motifs is 3. The Morgan fingerprint density at radius 3 is 2.39 bits per heavy atom. The lowest BCUT2D eigenvalue weighted by Crippen LogP contribution is -2.59. The van der Waals surface area contributed by atoms with Gasteiger partial charge in [0.1, 0.15) is 29.6 Å². The van der Waals surface area contributed by atoms with Crippen molar-refractivity contribution in [3.8, 4) is 16.9 Å². The summed E-state index contributed by atoms with van der Waals surface area (Å²) in [7, 11) is 3.17. The third-order valence-corrected chi connectivity index (χ3v) is 18.6. The van der Waals surface area contributed by atoms with Gasteiger partial charge >= 0.3 is 0 Å². The summed E-state index contributed by atoms with van der Waals surface area (Å²) < 4.78 is 25.6. The molecule has 93 heavy (non-hydrogen) atoms. The van der Waals surface area contributed by atoms with Crippen LogP contribution in [-0.2, 0) is 72.1 Å². The number of carbonyl (C=O) groups excluding carboxylic acids is 6. The van der Waals surface area contributed by atoms with Crippen molar-refractivity contribution >= 4 is 57.7 Å². The van der Waals surface area contributed by atoms with Crippen molar-refractivity contribution in [1.29, 1.82) is 0 Å². The first-order valence-corrected chi connectivity index (χ1v) is 32.5. The van der Waals surface area contributed by atoms with Gasteiger partial charge < -0.3 is 50.4 Å². The van der Waals surface area contributed by atoms with E-state index in [2.05, 4.69) is 42.5 Å². The summed E-state index contributed by atoms with van der Waals surface area (Å²) in [6.45, 7) is 13.8. The number of ether oxygens (including phenoxy) is 1. The SMILES string of the molecule is C[C@@H](C(=O)N[C@H](C(=O)N1C[C@@H](NC(=O)CCOCCC(=O)N2CCn3nc(Nc4cc(-c5ccnc(-n6ncc7cc(C(C)(C)C)cc(F)c7c6=O)c5CO)cn(C)c4=O)cc3C2)C[C@H]1C(=O)N[C@@H]1CCCc2ccccc21)C1CCCCC1)N(C)C(=O)CC(C)(C)C. The zero-order chi connectivity index (χ0) is 66.6. The van der Waals surface area contributed by atoms with Crippen LogP contribution >= 0.6 is 0 Å². The molecular weight excluding hydrogens is 1190 g/mol. The highest BCUT2D eigenvalue weighted by molar-refractivity contribution is 5.95. The number of pyridine rings is 2. The van der Waals surface area contributed by atoms with Crippen molar-refractivity contribution in [2.45, 2.75) is 181 Å². The Morgan fingerprint density at radius 1 is 0.892 bits per heavy atom. The van der Waals surface area contributed by atoms with E-state index in [0.717, 1.165) is 48.8 Å². The van der Waals surface area contributed by atoms with Crippen LogP contribution in [0.1, 0.15) is 153 Å². The molecule has 24 heteroatoms. The molecule has 0 spiro atoms. The van der Waals surface area contributed by atoms with Crippen molar-refractivity contribution in [2.24, 2.45) is 18.4 Å². The molecule has 1 saturated carbocycles. The number of halogens is 1. The third kappa shape index (κ3) is 15.4. The molecule has 4 aromatic heterocycles. The Labute approximate surface area is 540 Å². The molecule has 23 nitrogen and oxygen atoms in total. The summed E-state index contributed by atoms with van der Waals surface area (Å²) in [5.41, 5.74) is 3.11. The maximum Gasteiger partial charge on any atom is 0.283 e. The van der Waals surface area contributed by atoms with Gasteiger partial charge in [-0.05, 0) is 109 Å². The number of likely N-dealkylation sites (tertiary alicyclic amines) is 1. The highest BCUT2D eigenvalue weighted by Crippen LogP contribution is 2.35. The fraction of sp³-hybridized carbons (Fsp3) is 0.522. The van der Waals surface area contributed by atoms with Crippen LogP contribution < -0.4 is 32.4 Å². The number of aliphatic hydroxyl groups is 1. The number of aliphatic hydroxyl groups excluding tert-OH is 1. The number of nitrogens with one attached hydrogen (secondary N) is 4. The van der Waals surface area contributed by atoms with Gasteiger partial charge in [-0.2, -0.15) is 14.9 Å². The number of benzene rings is 2. The van der Waals surface area contributed by atoms with Crippen LogP contribution in [0.4, 0.5) is 15.9 Å². The van der Waals surface area contributed by atoms with Gasteiger partial charge in [-0.25, -0.2) is 9.37 Å². The van der Waals surface area contributed by atoms with Crippen LogP contribution in [0, 0.1) is 17.2 Å². The first kappa shape index (κ1) is 67.3. The van der Waals surface area contributed by atoms with Crippen LogP contribution in [0.5, 0.6) is 0 Å². The van der Waals surface area contributed by atoms with E-state index in [4.69, 9.17) is 4.74 Å². The average Bonchev–Trinajstić information content (AvgIpc) is 0.950. The number of rotatable bonds is 20. The van der Waals surface area contributed by atoms with E-state index in [1.165, 1.54) is 38.4 Å². The Kier molecular flexibility index (Phi) is 20.5. The second-order valence-electron chi connectivity index (χ2n) is 27.7. The molecule has 2 aliphatic carbocycles. The first-order chi connectivity index (χ1) is 44.3. The molecule has 0 unspecified atom stereocenters. The summed E-state index contributed by atoms with van der Waals surface area (Å²) in [5, 5.41) is 32.5. The van der Waals surface area contributed by atoms with Crippen LogP contribution in [0.25, 0.3) is 27.7 Å². The van der Waals surface area contributed by atoms with E-state index in [1.807, 2.05) is 59.7 Å². The minimum absolute atomic E-state index is 0.00523. The van der Waals surface area contributed by atoms with Gasteiger partial charge in [-0.15, -0.1) is 0 Å². The molecule has 496 valence electrons. The lowest BCUT2D eigenvalue weighted by molar-refractivity contribution is -0.145. The molecule has 2 fully saturated rings. The standard InChI is InChI=1S/C69H88FN13O10/c1-41(79(9)59(87)35-68(2,3)4)63(88)76-61(43-17-11-10-12-18-43)67(92)81-38-47(33-55(81)64(89)75-53-21-15-19-42-16-13-14-20-50(42)53)73-57(85)23-28-93-29-24-58(86)80-26-27-82-48(39-80)34-56(77-82)74-54-31-45(37-78(8)65(54)90)49-22-25-71-62(51(49)40-84)83-66(91)60-44(36-72-83)30-46(32-52(60)70)69(5,6)7/h13-14,16,20,22,25,30-32,34,36-37,41,43,47,53,55,61,84H,10-12,15,17-19,21,23-24,26-29,33,35,38-40H2,1-9H3,(H,73,85)(H,74,77)(H,75,89)(H,76,88)/t41-,47-,53+,55-,61-/m0/s1. The number of likely N-dealkylation sites (N-methyl/N-ethyl adjacent to an activating group) is 1. The molecule has 2 aromatic carbocycles. The van der Waals surface area contributed by atoms with Crippen molar-refractivity contribution < 1.29 is 43.0 Å². The molecule has 2 aliphatic heterocycles. The van der Waals surface area contributed by atoms with Crippen LogP contribution in [0.15, 0.2) is 82.8 Å². The molecule has 6 heterocycles. The molecule has 5 N–H and O–H groups in total. The van der Waals surface area contributed by atoms with Gasteiger partial charge in [0, 0.05) is 81.0 Å². The van der Waals surface area contributed by atoms with Gasteiger partial charge in [0.25, 0.3) is 11.1 Å². The summed E-state index contributed by atoms with van der Waals surface area (Å²) in [4.78, 5) is 121. The van der Waals surface area contributed by atoms with Crippen molar-refractivity contribution in [2.75, 3.05) is 38.7 Å². The van der Waals surface area contributed by atoms with Crippen molar-refractivity contribution in [3.05, 3.63) is 128 Å². The Morgan fingerprint density at radius 2 is 1.65 bits per heavy atom. The van der Waals surface area contributed by atoms with Crippen molar-refractivity contribution in [3.63, 3.8) is 0 Å². The maximum absolute atomic E-state index is 15.6. The highest BCUT2D eigenvalue weighted by Gasteiger charge is 2.46. The molecule has 6 aromatic rings. The average molecular weight is 1280 g/mol. The fourth-order valence-corrected chi connectivity index (χ4v) is 13.3. The summed E-state index contributed by atoms with van der Waals surface area (Å²) in [5.74, 6) is -2.44. The second-order valence-corrected chi connectivity index (χ2v) is 27.7. The quantitative estimate of drug-likeness (QED) is 0.0493. The highest BCUT2D eigenvalue weighted by atomic mass is 19.1. The molecule has 6 amide bonds. The topological polar surface area (TPSA) is 277 Å². The maximum atomic E-state index is 15.6. The molecule has 1 saturated heterocycles. The van der Waals surface area contributed by atoms with E-state index in [9.17, 15) is 38.7 Å². The summed E-state index contributed by atoms with van der Waals surface area (Å²) in [6, 6.07) is 12.5. The number of anilines is 2. The minimum atomic E-state index is -0.953. The van der Waals surface area contributed by atoms with Crippen LogP contribution in [-0.4, -0.2) is 142 Å². The fourth-order valence-electron chi connectivity index (χ4n) is 13.3. The van der Waals surface area contributed by atoms with Gasteiger partial charge in [-0.1, -0.05) is 85.1 Å². The first-order valence-electron chi connectivity index (χ1n) is 32.5. The molecule has 4 aliphatic rings. The normalized spacial score (nSPS) is 18.3. The molecule has 5 atom stereocenters. The Hall–Kier alpha value is -8.64. The third-order valence-electron chi connectivity index (χ3n) is 18.6. The Balaban J connectivity index is 0.747. The molecule has 10 rings (SSSR count). The zero-order valence-electron chi connectivity index (χ0n) is 54.9. The smallest absolute Gasteiger partial charge is 0.283 e. The van der Waals surface area contributed by atoms with E-state index in [-0.39, 0.29) is 126 Å².